The molecule has 1 nitrogen and oxygen atoms in total. The number of hydrogen-bond acceptors (Lipinski definition) is 1. The Morgan fingerprint density at radius 3 is 1.59 bits per heavy atom. The van der Waals surface area contributed by atoms with Crippen molar-refractivity contribution in [1.82, 2.24) is 4.98 Å². The van der Waals surface area contributed by atoms with Crippen molar-refractivity contribution in [2.24, 2.45) is 0 Å². The van der Waals surface area contributed by atoms with Gasteiger partial charge < -0.3 is 0 Å². The number of benzene rings is 6. The summed E-state index contributed by atoms with van der Waals surface area (Å²) in [6.07, 6.45) is 4.19. The molecule has 214 valence electrons. The van der Waals surface area contributed by atoms with E-state index < -0.39 is 0 Å². The molecule has 1 aromatic heterocycles. The van der Waals surface area contributed by atoms with Crippen molar-refractivity contribution in [3.8, 4) is 44.6 Å². The molecule has 0 fully saturated rings. The fraction of sp³-hybridized carbons (Fsp3) is 0. The van der Waals surface area contributed by atoms with Gasteiger partial charge in [-0.15, -0.1) is 0 Å². The van der Waals surface area contributed by atoms with E-state index >= 15 is 0 Å². The van der Waals surface area contributed by atoms with Crippen LogP contribution in [-0.2, 0) is 0 Å². The molecular formula is C45H29N. The molecule has 0 saturated carbocycles. The van der Waals surface area contributed by atoms with Crippen molar-refractivity contribution in [1.29, 1.82) is 0 Å². The van der Waals surface area contributed by atoms with Gasteiger partial charge >= 0.3 is 0 Å². The van der Waals surface area contributed by atoms with Gasteiger partial charge in [-0.2, -0.15) is 0 Å². The highest BCUT2D eigenvalue weighted by Crippen LogP contribution is 2.34. The van der Waals surface area contributed by atoms with E-state index in [1.54, 1.807) is 0 Å². The predicted molar refractivity (Wildman–Crippen MR) is 193 cm³/mol. The van der Waals surface area contributed by atoms with Crippen LogP contribution in [0.25, 0.3) is 66.6 Å². The molecule has 46 heavy (non-hydrogen) atoms. The van der Waals surface area contributed by atoms with Crippen molar-refractivity contribution < 1.29 is 0 Å². The first-order valence-electron chi connectivity index (χ1n) is 15.5. The zero-order valence-electron chi connectivity index (χ0n) is 25.2. The van der Waals surface area contributed by atoms with Gasteiger partial charge in [0.15, 0.2) is 0 Å². The molecule has 1 heteroatoms. The van der Waals surface area contributed by atoms with Crippen molar-refractivity contribution >= 4 is 21.9 Å². The summed E-state index contributed by atoms with van der Waals surface area (Å²) in [7, 11) is 0. The molecule has 0 N–H and O–H groups in total. The summed E-state index contributed by atoms with van der Waals surface area (Å²) < 4.78 is 0. The second-order valence-electron chi connectivity index (χ2n) is 11.5. The zero-order valence-corrected chi connectivity index (χ0v) is 25.2. The fourth-order valence-electron chi connectivity index (χ4n) is 6.09. The molecule has 1 aliphatic carbocycles. The van der Waals surface area contributed by atoms with Crippen LogP contribution >= 0.6 is 0 Å². The lowest BCUT2D eigenvalue weighted by Crippen LogP contribution is -1.94. The molecule has 8 rings (SSSR count). The third kappa shape index (κ3) is 5.45. The smallest absolute Gasteiger partial charge is 0.0799 e. The summed E-state index contributed by atoms with van der Waals surface area (Å²) in [6.45, 7) is 0. The Kier molecular flexibility index (Phi) is 7.15. The summed E-state index contributed by atoms with van der Waals surface area (Å²) in [5.74, 6) is 0. The van der Waals surface area contributed by atoms with E-state index in [1.165, 1.54) is 33.0 Å². The molecule has 1 aliphatic rings. The molecule has 7 aromatic rings. The van der Waals surface area contributed by atoms with Crippen LogP contribution in [0.15, 0.2) is 187 Å². The molecule has 0 amide bonds. The summed E-state index contributed by atoms with van der Waals surface area (Å²) in [5.41, 5.74) is 19.8. The van der Waals surface area contributed by atoms with Gasteiger partial charge in [-0.25, -0.2) is 4.98 Å². The quantitative estimate of drug-likeness (QED) is 0.177. The molecule has 0 atom stereocenters. The van der Waals surface area contributed by atoms with Crippen LogP contribution in [0, 0.1) is 0 Å². The second kappa shape index (κ2) is 12.0. The van der Waals surface area contributed by atoms with Gasteiger partial charge in [0.25, 0.3) is 0 Å². The van der Waals surface area contributed by atoms with E-state index in [4.69, 9.17) is 4.98 Å². The number of aromatic nitrogens is 1. The normalized spacial score (nSPS) is 12.2. The van der Waals surface area contributed by atoms with Crippen LogP contribution in [0.1, 0.15) is 11.3 Å². The highest BCUT2D eigenvalue weighted by molar-refractivity contribution is 5.97. The first-order chi connectivity index (χ1) is 22.8. The van der Waals surface area contributed by atoms with Crippen LogP contribution in [0.4, 0.5) is 0 Å². The number of hydrogen-bond donors (Lipinski definition) is 0. The van der Waals surface area contributed by atoms with E-state index in [-0.39, 0.29) is 0 Å². The Labute approximate surface area is 269 Å². The average Bonchev–Trinajstić information content (AvgIpc) is 3.15. The summed E-state index contributed by atoms with van der Waals surface area (Å²) >= 11 is 0. The molecule has 0 saturated heterocycles. The van der Waals surface area contributed by atoms with Crippen molar-refractivity contribution in [3.63, 3.8) is 0 Å². The van der Waals surface area contributed by atoms with E-state index in [0.717, 1.165) is 44.8 Å². The van der Waals surface area contributed by atoms with E-state index in [2.05, 4.69) is 163 Å². The lowest BCUT2D eigenvalue weighted by Gasteiger charge is -2.12. The molecular weight excluding hydrogens is 555 g/mol. The van der Waals surface area contributed by atoms with Crippen LogP contribution in [0.2, 0.25) is 0 Å². The maximum Gasteiger partial charge on any atom is 0.0799 e. The van der Waals surface area contributed by atoms with E-state index in [9.17, 15) is 0 Å². The maximum absolute atomic E-state index is 5.15. The van der Waals surface area contributed by atoms with Crippen molar-refractivity contribution in [2.45, 2.75) is 0 Å². The lowest BCUT2D eigenvalue weighted by molar-refractivity contribution is 1.28. The number of pyridine rings is 1. The van der Waals surface area contributed by atoms with E-state index in [1.807, 2.05) is 24.3 Å². The molecule has 0 spiro atoms. The van der Waals surface area contributed by atoms with Gasteiger partial charge in [-0.05, 0) is 74.0 Å². The van der Waals surface area contributed by atoms with Crippen molar-refractivity contribution in [2.75, 3.05) is 0 Å². The molecule has 0 unspecified atom stereocenters. The van der Waals surface area contributed by atoms with Gasteiger partial charge in [0, 0.05) is 11.1 Å². The zero-order chi connectivity index (χ0) is 30.7. The molecule has 0 aliphatic heterocycles. The van der Waals surface area contributed by atoms with Crippen LogP contribution in [0.3, 0.4) is 0 Å². The number of fused-ring (bicyclic) bond motifs is 1. The third-order valence-electron chi connectivity index (χ3n) is 8.54. The Balaban J connectivity index is 1.22. The monoisotopic (exact) mass is 583 g/mol. The van der Waals surface area contributed by atoms with Gasteiger partial charge in [0.05, 0.1) is 17.0 Å². The first kappa shape index (κ1) is 27.3. The molecule has 0 bridgehead atoms. The molecule has 1 heterocycles. The number of allylic oxidation sites excluding steroid dienone is 4. The third-order valence-corrected chi connectivity index (χ3v) is 8.54. The van der Waals surface area contributed by atoms with Gasteiger partial charge in [-0.1, -0.05) is 163 Å². The topological polar surface area (TPSA) is 12.9 Å². The number of rotatable bonds is 6. The lowest BCUT2D eigenvalue weighted by atomic mass is 9.94. The predicted octanol–water partition coefficient (Wildman–Crippen LogP) is 11.7. The first-order valence-corrected chi connectivity index (χ1v) is 15.5. The molecule has 6 aromatic carbocycles. The highest BCUT2D eigenvalue weighted by Gasteiger charge is 2.12. The standard InChI is InChI=1S/C45H29N/c1-3-10-32(11-4-1)34-20-26-39(27-21-34)44-30-41(31-45(46-44)40-28-22-35(23-29-40)33-12-5-2-6-13-33)36-18-24-38(25-19-36)43-17-9-15-37-14-7-8-16-42(37)43/h1-22,24-28,30-31H. The Bertz CT molecular complexity index is 2320. The van der Waals surface area contributed by atoms with Gasteiger partial charge in [0.2, 0.25) is 0 Å². The van der Waals surface area contributed by atoms with Crippen LogP contribution < -0.4 is 0 Å². The Hall–Kier alpha value is -6.23. The maximum atomic E-state index is 5.15. The van der Waals surface area contributed by atoms with Crippen LogP contribution in [-0.4, -0.2) is 4.98 Å². The summed E-state index contributed by atoms with van der Waals surface area (Å²) in [6, 6.07) is 57.7. The largest absolute Gasteiger partial charge is 0.247 e. The highest BCUT2D eigenvalue weighted by atomic mass is 14.7. The summed E-state index contributed by atoms with van der Waals surface area (Å²) in [4.78, 5) is 5.15. The average molecular weight is 584 g/mol. The van der Waals surface area contributed by atoms with Crippen molar-refractivity contribution in [3.05, 3.63) is 199 Å². The fourth-order valence-corrected chi connectivity index (χ4v) is 6.09. The Morgan fingerprint density at radius 1 is 0.348 bits per heavy atom. The van der Waals surface area contributed by atoms with Crippen LogP contribution in [0.5, 0.6) is 0 Å². The van der Waals surface area contributed by atoms with Gasteiger partial charge in [-0.3, -0.25) is 0 Å². The van der Waals surface area contributed by atoms with E-state index in [0.29, 0.717) is 0 Å². The Morgan fingerprint density at radius 2 is 0.870 bits per heavy atom. The minimum atomic E-state index is 0.869. The minimum Gasteiger partial charge on any atom is -0.247 e. The van der Waals surface area contributed by atoms with Gasteiger partial charge in [0.1, 0.15) is 0 Å². The number of nitrogens with zero attached hydrogens (tertiary/aromatic N) is 1. The SMILES string of the molecule is C1=C=C(c2cc(-c3ccc(-c4cccc5ccccc45)cc3)cc(-c3ccc(-c4ccccc4)cc3)n2)C=CC=1c1ccccc1. The second-order valence-corrected chi connectivity index (χ2v) is 11.5. The molecule has 0 radical (unpaired) electrons. The minimum absolute atomic E-state index is 0.869. The summed E-state index contributed by atoms with van der Waals surface area (Å²) in [5, 5.41) is 2.51.